The number of aliphatic hydroxyl groups is 2. The average Bonchev–Trinajstić information content (AvgIpc) is 3.26. The van der Waals surface area contributed by atoms with E-state index in [-0.39, 0.29) is 25.3 Å². The van der Waals surface area contributed by atoms with Crippen LogP contribution in [0.3, 0.4) is 0 Å². The minimum Gasteiger partial charge on any atom is -0.468 e. The average molecular weight is 529 g/mol. The second kappa shape index (κ2) is 13.8. The number of benzene rings is 2. The highest BCUT2D eigenvalue weighted by Crippen LogP contribution is 2.26. The Bertz CT molecular complexity index is 1210. The van der Waals surface area contributed by atoms with Crippen LogP contribution in [0.5, 0.6) is 0 Å². The minimum atomic E-state index is -1.55. The van der Waals surface area contributed by atoms with Gasteiger partial charge in [0.05, 0.1) is 24.2 Å². The number of aliphatic hydroxyl groups excluding tert-OH is 1. The van der Waals surface area contributed by atoms with Gasteiger partial charge in [0, 0.05) is 24.9 Å². The van der Waals surface area contributed by atoms with Crippen LogP contribution in [-0.2, 0) is 20.9 Å². The molecule has 3 rings (SSSR count). The van der Waals surface area contributed by atoms with Crippen LogP contribution in [0.15, 0.2) is 48.5 Å². The Hall–Kier alpha value is -3.41. The lowest BCUT2D eigenvalue weighted by molar-refractivity contribution is -0.139. The predicted molar refractivity (Wildman–Crippen MR) is 141 cm³/mol. The molecular formula is C26H32N4O6S. The third kappa shape index (κ3) is 8.04. The van der Waals surface area contributed by atoms with Crippen molar-refractivity contribution in [3.05, 3.63) is 65.5 Å². The maximum atomic E-state index is 12.6. The fourth-order valence-corrected chi connectivity index (χ4v) is 4.31. The second-order valence-corrected chi connectivity index (χ2v) is 9.41. The lowest BCUT2D eigenvalue weighted by Gasteiger charge is -2.20. The first-order valence-electron chi connectivity index (χ1n) is 11.9. The van der Waals surface area contributed by atoms with Crippen molar-refractivity contribution in [2.75, 3.05) is 25.7 Å². The van der Waals surface area contributed by atoms with Gasteiger partial charge in [-0.25, -0.2) is 4.98 Å². The number of hydrogen-bond acceptors (Lipinski definition) is 8. The van der Waals surface area contributed by atoms with E-state index in [0.29, 0.717) is 29.9 Å². The normalized spacial score (nSPS) is 11.9. The zero-order chi connectivity index (χ0) is 26.8. The molecule has 0 aliphatic heterocycles. The van der Waals surface area contributed by atoms with Gasteiger partial charge in [-0.15, -0.1) is 0 Å². The van der Waals surface area contributed by atoms with Crippen LogP contribution in [-0.4, -0.2) is 69.5 Å². The van der Waals surface area contributed by atoms with E-state index in [1.54, 1.807) is 30.0 Å². The highest BCUT2D eigenvalue weighted by atomic mass is 32.2. The van der Waals surface area contributed by atoms with Gasteiger partial charge in [-0.1, -0.05) is 30.3 Å². The summed E-state index contributed by atoms with van der Waals surface area (Å²) in [7, 11) is 1.25. The molecule has 10 nitrogen and oxygen atoms in total. The standard InChI is InChI=1S/C26H32N4O6S/c1-36-24(34)15-27-26(35)18-8-9-21-20(14-18)29-25(30(21)16-17-6-4-3-5-7-17)19(12-13-37-2)28-22(31)10-11-23(32)33/h3-9,14,19,23,32-33H,10-13,15-16H2,1-2H3,(H,27,35)(H,28,31). The van der Waals surface area contributed by atoms with E-state index in [4.69, 9.17) is 15.2 Å². The van der Waals surface area contributed by atoms with E-state index in [1.807, 2.05) is 41.2 Å². The van der Waals surface area contributed by atoms with E-state index in [2.05, 4.69) is 15.4 Å². The molecule has 0 aliphatic rings. The van der Waals surface area contributed by atoms with Crippen molar-refractivity contribution in [3.8, 4) is 0 Å². The Balaban J connectivity index is 1.99. The number of hydrogen-bond donors (Lipinski definition) is 4. The number of carbonyl (C=O) groups excluding carboxylic acids is 3. The third-order valence-corrected chi connectivity index (χ3v) is 6.38. The fourth-order valence-electron chi connectivity index (χ4n) is 3.84. The van der Waals surface area contributed by atoms with Crippen molar-refractivity contribution < 1.29 is 29.3 Å². The van der Waals surface area contributed by atoms with Crippen molar-refractivity contribution in [3.63, 3.8) is 0 Å². The van der Waals surface area contributed by atoms with Crippen LogP contribution in [0, 0.1) is 0 Å². The lowest BCUT2D eigenvalue weighted by Crippen LogP contribution is -2.31. The van der Waals surface area contributed by atoms with Gasteiger partial charge in [0.1, 0.15) is 12.4 Å². The van der Waals surface area contributed by atoms with Gasteiger partial charge in [0.15, 0.2) is 6.29 Å². The first-order valence-corrected chi connectivity index (χ1v) is 13.2. The number of amides is 2. The molecule has 1 aromatic heterocycles. The number of imidazole rings is 1. The van der Waals surface area contributed by atoms with Crippen LogP contribution >= 0.6 is 11.8 Å². The Morgan fingerprint density at radius 2 is 1.86 bits per heavy atom. The van der Waals surface area contributed by atoms with Gasteiger partial charge in [-0.3, -0.25) is 14.4 Å². The Morgan fingerprint density at radius 1 is 1.11 bits per heavy atom. The van der Waals surface area contributed by atoms with Crippen molar-refractivity contribution in [2.24, 2.45) is 0 Å². The van der Waals surface area contributed by atoms with Gasteiger partial charge in [-0.05, 0) is 42.2 Å². The number of aromatic nitrogens is 2. The number of ether oxygens (including phenoxy) is 1. The third-order valence-electron chi connectivity index (χ3n) is 5.73. The van der Waals surface area contributed by atoms with Gasteiger partial charge in [0.25, 0.3) is 5.91 Å². The molecule has 0 bridgehead atoms. The highest BCUT2D eigenvalue weighted by molar-refractivity contribution is 7.98. The molecule has 1 heterocycles. The van der Waals surface area contributed by atoms with Crippen LogP contribution < -0.4 is 10.6 Å². The number of esters is 1. The summed E-state index contributed by atoms with van der Waals surface area (Å²) < 4.78 is 6.59. The highest BCUT2D eigenvalue weighted by Gasteiger charge is 2.23. The molecule has 0 saturated carbocycles. The molecule has 2 amide bonds. The summed E-state index contributed by atoms with van der Waals surface area (Å²) in [5, 5.41) is 23.8. The van der Waals surface area contributed by atoms with Crippen LogP contribution in [0.25, 0.3) is 11.0 Å². The molecule has 1 unspecified atom stereocenters. The molecule has 0 aliphatic carbocycles. The summed E-state index contributed by atoms with van der Waals surface area (Å²) in [6.07, 6.45) is 0.941. The van der Waals surface area contributed by atoms with Crippen LogP contribution in [0.4, 0.5) is 0 Å². The van der Waals surface area contributed by atoms with Crippen molar-refractivity contribution in [1.29, 1.82) is 0 Å². The Kier molecular flexibility index (Phi) is 10.5. The van der Waals surface area contributed by atoms with E-state index >= 15 is 0 Å². The molecule has 0 saturated heterocycles. The monoisotopic (exact) mass is 528 g/mol. The van der Waals surface area contributed by atoms with Crippen molar-refractivity contribution >= 4 is 40.6 Å². The number of rotatable bonds is 13. The van der Waals surface area contributed by atoms with Crippen molar-refractivity contribution in [1.82, 2.24) is 20.2 Å². The second-order valence-electron chi connectivity index (χ2n) is 8.42. The van der Waals surface area contributed by atoms with Crippen molar-refractivity contribution in [2.45, 2.75) is 38.1 Å². The summed E-state index contributed by atoms with van der Waals surface area (Å²) in [4.78, 5) is 41.4. The molecule has 2 aromatic carbocycles. The fraction of sp³-hybridized carbons (Fsp3) is 0.385. The zero-order valence-electron chi connectivity index (χ0n) is 20.8. The molecule has 0 spiro atoms. The molecular weight excluding hydrogens is 496 g/mol. The van der Waals surface area contributed by atoms with E-state index in [9.17, 15) is 14.4 Å². The lowest BCUT2D eigenvalue weighted by atomic mass is 10.1. The number of thioether (sulfide) groups is 1. The van der Waals surface area contributed by atoms with Gasteiger partial charge < -0.3 is 30.2 Å². The molecule has 198 valence electrons. The minimum absolute atomic E-state index is 0.0309. The number of carbonyl (C=O) groups is 3. The van der Waals surface area contributed by atoms with Gasteiger partial charge in [0.2, 0.25) is 5.91 Å². The molecule has 3 aromatic rings. The maximum absolute atomic E-state index is 12.6. The summed E-state index contributed by atoms with van der Waals surface area (Å²) in [6, 6.07) is 14.5. The zero-order valence-corrected chi connectivity index (χ0v) is 21.7. The Labute approximate surface area is 219 Å². The molecule has 0 fully saturated rings. The van der Waals surface area contributed by atoms with E-state index < -0.39 is 24.2 Å². The quantitative estimate of drug-likeness (QED) is 0.195. The molecule has 37 heavy (non-hydrogen) atoms. The molecule has 0 radical (unpaired) electrons. The first kappa shape index (κ1) is 28.2. The van der Waals surface area contributed by atoms with Crippen LogP contribution in [0.1, 0.15) is 47.1 Å². The summed E-state index contributed by atoms with van der Waals surface area (Å²) in [5.41, 5.74) is 2.75. The Morgan fingerprint density at radius 3 is 2.54 bits per heavy atom. The van der Waals surface area contributed by atoms with Gasteiger partial charge in [-0.2, -0.15) is 11.8 Å². The predicted octanol–water partition coefficient (Wildman–Crippen LogP) is 1.99. The maximum Gasteiger partial charge on any atom is 0.325 e. The number of fused-ring (bicyclic) bond motifs is 1. The number of nitrogens with zero attached hydrogens (tertiary/aromatic N) is 2. The largest absolute Gasteiger partial charge is 0.468 e. The topological polar surface area (TPSA) is 143 Å². The SMILES string of the molecule is COC(=O)CNC(=O)c1ccc2c(c1)nc(C(CCSC)NC(=O)CCC(O)O)n2Cc1ccccc1. The number of nitrogens with one attached hydrogen (secondary N) is 2. The number of methoxy groups -OCH3 is 1. The summed E-state index contributed by atoms with van der Waals surface area (Å²) in [6.45, 7) is 0.258. The first-order chi connectivity index (χ1) is 17.8. The van der Waals surface area contributed by atoms with E-state index in [1.165, 1.54) is 7.11 Å². The molecule has 1 atom stereocenters. The van der Waals surface area contributed by atoms with Crippen LogP contribution in [0.2, 0.25) is 0 Å². The smallest absolute Gasteiger partial charge is 0.325 e. The molecule has 4 N–H and O–H groups in total. The van der Waals surface area contributed by atoms with Gasteiger partial charge >= 0.3 is 5.97 Å². The molecule has 11 heteroatoms. The summed E-state index contributed by atoms with van der Waals surface area (Å²) in [5.74, 6) is 0.119. The summed E-state index contributed by atoms with van der Waals surface area (Å²) >= 11 is 1.64. The van der Waals surface area contributed by atoms with E-state index in [0.717, 1.165) is 16.8 Å².